The fourth-order valence-corrected chi connectivity index (χ4v) is 7.07. The Morgan fingerprint density at radius 3 is 1.06 bits per heavy atom. The Balaban J connectivity index is 4.14. The number of carbonyl (C=O) groups excluding carboxylic acids is 3. The van der Waals surface area contributed by atoms with Crippen molar-refractivity contribution < 1.29 is 28.6 Å². The molecule has 0 rings (SSSR count). The lowest BCUT2D eigenvalue weighted by atomic mass is 9.99. The maximum atomic E-state index is 12.7. The zero-order chi connectivity index (χ0) is 39.7. The van der Waals surface area contributed by atoms with E-state index in [0.29, 0.717) is 19.3 Å². The van der Waals surface area contributed by atoms with E-state index in [2.05, 4.69) is 34.6 Å². The van der Waals surface area contributed by atoms with E-state index in [-0.39, 0.29) is 31.1 Å². The molecule has 0 heterocycles. The molecule has 0 fully saturated rings. The smallest absolute Gasteiger partial charge is 0.306 e. The summed E-state index contributed by atoms with van der Waals surface area (Å²) in [7, 11) is 0. The molecule has 0 saturated carbocycles. The van der Waals surface area contributed by atoms with Crippen molar-refractivity contribution in [2.45, 2.75) is 265 Å². The maximum Gasteiger partial charge on any atom is 0.306 e. The van der Waals surface area contributed by atoms with E-state index < -0.39 is 6.10 Å². The van der Waals surface area contributed by atoms with Gasteiger partial charge in [-0.25, -0.2) is 0 Å². The molecule has 0 aliphatic heterocycles. The van der Waals surface area contributed by atoms with Crippen LogP contribution in [-0.2, 0) is 28.6 Å². The van der Waals surface area contributed by atoms with Crippen LogP contribution in [0.1, 0.15) is 259 Å². The number of esters is 3. The molecule has 1 unspecified atom stereocenters. The predicted molar refractivity (Wildman–Crippen MR) is 229 cm³/mol. The average molecular weight is 765 g/mol. The Bertz CT molecular complexity index is 826. The molecule has 0 radical (unpaired) electrons. The summed E-state index contributed by atoms with van der Waals surface area (Å²) >= 11 is 0. The molecule has 6 nitrogen and oxygen atoms in total. The van der Waals surface area contributed by atoms with Crippen molar-refractivity contribution in [2.24, 2.45) is 11.8 Å². The second-order valence-corrected chi connectivity index (χ2v) is 17.1. The maximum absolute atomic E-state index is 12.7. The van der Waals surface area contributed by atoms with Crippen molar-refractivity contribution in [2.75, 3.05) is 13.2 Å². The molecule has 54 heavy (non-hydrogen) atoms. The summed E-state index contributed by atoms with van der Waals surface area (Å²) in [5, 5.41) is 0. The number of hydrogen-bond acceptors (Lipinski definition) is 6. The van der Waals surface area contributed by atoms with E-state index in [0.717, 1.165) is 76.0 Å². The van der Waals surface area contributed by atoms with Crippen LogP contribution in [0.15, 0.2) is 0 Å². The number of rotatable bonds is 42. The largest absolute Gasteiger partial charge is 0.462 e. The van der Waals surface area contributed by atoms with Gasteiger partial charge in [-0.15, -0.1) is 0 Å². The minimum atomic E-state index is -0.759. The van der Waals surface area contributed by atoms with Crippen LogP contribution in [0.25, 0.3) is 0 Å². The number of carbonyl (C=O) groups is 3. The molecule has 0 aliphatic rings. The Morgan fingerprint density at radius 2 is 0.704 bits per heavy atom. The standard InChI is InChI=1S/C48H92O6/c1-6-8-9-26-33-38-46(49)52-41-45(54-48(51)40-35-30-25-21-17-16-18-22-27-31-36-43(3)4)42-53-47(50)39-34-29-24-20-15-13-11-10-12-14-19-23-28-32-37-44(5)7-2/h43-45H,6-42H2,1-5H3/t44?,45-/m1/s1. The van der Waals surface area contributed by atoms with Crippen LogP contribution in [0.2, 0.25) is 0 Å². The van der Waals surface area contributed by atoms with Gasteiger partial charge in [0.05, 0.1) is 0 Å². The number of unbranched alkanes of at least 4 members (excludes halogenated alkanes) is 26. The van der Waals surface area contributed by atoms with Crippen LogP contribution in [0.4, 0.5) is 0 Å². The van der Waals surface area contributed by atoms with Gasteiger partial charge in [-0.2, -0.15) is 0 Å². The molecule has 6 heteroatoms. The van der Waals surface area contributed by atoms with Crippen LogP contribution < -0.4 is 0 Å². The monoisotopic (exact) mass is 765 g/mol. The second-order valence-electron chi connectivity index (χ2n) is 17.1. The van der Waals surface area contributed by atoms with Gasteiger partial charge in [-0.1, -0.05) is 221 Å². The van der Waals surface area contributed by atoms with Gasteiger partial charge in [-0.05, 0) is 31.1 Å². The fraction of sp³-hybridized carbons (Fsp3) is 0.938. The topological polar surface area (TPSA) is 78.9 Å². The van der Waals surface area contributed by atoms with Crippen LogP contribution in [-0.4, -0.2) is 37.2 Å². The Hall–Kier alpha value is -1.59. The van der Waals surface area contributed by atoms with Crippen LogP contribution >= 0.6 is 0 Å². The summed E-state index contributed by atoms with van der Waals surface area (Å²) in [5.74, 6) is 0.843. The highest BCUT2D eigenvalue weighted by atomic mass is 16.6. The summed E-state index contributed by atoms with van der Waals surface area (Å²) in [6.45, 7) is 11.3. The minimum Gasteiger partial charge on any atom is -0.462 e. The fourth-order valence-electron chi connectivity index (χ4n) is 7.07. The first kappa shape index (κ1) is 52.4. The quantitative estimate of drug-likeness (QED) is 0.0350. The highest BCUT2D eigenvalue weighted by Gasteiger charge is 2.19. The van der Waals surface area contributed by atoms with E-state index in [9.17, 15) is 14.4 Å². The molecular weight excluding hydrogens is 673 g/mol. The minimum absolute atomic E-state index is 0.0654. The van der Waals surface area contributed by atoms with E-state index in [1.165, 1.54) is 141 Å². The normalized spacial score (nSPS) is 12.6. The third-order valence-electron chi connectivity index (χ3n) is 11.1. The molecule has 0 aliphatic carbocycles. The summed E-state index contributed by atoms with van der Waals surface area (Å²) in [5.41, 5.74) is 0. The van der Waals surface area contributed by atoms with Crippen LogP contribution in [0, 0.1) is 11.8 Å². The van der Waals surface area contributed by atoms with E-state index in [4.69, 9.17) is 14.2 Å². The summed E-state index contributed by atoms with van der Waals surface area (Å²) < 4.78 is 16.6. The van der Waals surface area contributed by atoms with E-state index in [1.54, 1.807) is 0 Å². The molecule has 0 bridgehead atoms. The number of ether oxygens (including phenoxy) is 3. The van der Waals surface area contributed by atoms with Gasteiger partial charge < -0.3 is 14.2 Å². The van der Waals surface area contributed by atoms with Crippen molar-refractivity contribution in [1.29, 1.82) is 0 Å². The molecule has 320 valence electrons. The van der Waals surface area contributed by atoms with Gasteiger partial charge in [-0.3, -0.25) is 14.4 Å². The first-order valence-corrected chi connectivity index (χ1v) is 23.8. The molecule has 0 spiro atoms. The molecule has 0 amide bonds. The third kappa shape index (κ3) is 40.1. The second kappa shape index (κ2) is 41.1. The van der Waals surface area contributed by atoms with Crippen molar-refractivity contribution in [3.63, 3.8) is 0 Å². The molecule has 2 atom stereocenters. The highest BCUT2D eigenvalue weighted by Crippen LogP contribution is 2.17. The zero-order valence-electron chi connectivity index (χ0n) is 36.8. The lowest BCUT2D eigenvalue weighted by molar-refractivity contribution is -0.167. The average Bonchev–Trinajstić information content (AvgIpc) is 3.15. The van der Waals surface area contributed by atoms with Crippen molar-refractivity contribution in [1.82, 2.24) is 0 Å². The van der Waals surface area contributed by atoms with Gasteiger partial charge in [0.15, 0.2) is 6.10 Å². The lowest BCUT2D eigenvalue weighted by Crippen LogP contribution is -2.30. The van der Waals surface area contributed by atoms with Crippen molar-refractivity contribution in [3.8, 4) is 0 Å². The highest BCUT2D eigenvalue weighted by molar-refractivity contribution is 5.71. The zero-order valence-corrected chi connectivity index (χ0v) is 36.8. The van der Waals surface area contributed by atoms with Gasteiger partial charge in [0, 0.05) is 19.3 Å². The molecule has 0 aromatic heterocycles. The molecule has 0 aromatic rings. The van der Waals surface area contributed by atoms with Crippen LogP contribution in [0.5, 0.6) is 0 Å². The van der Waals surface area contributed by atoms with E-state index >= 15 is 0 Å². The van der Waals surface area contributed by atoms with Gasteiger partial charge >= 0.3 is 17.9 Å². The summed E-state index contributed by atoms with van der Waals surface area (Å²) in [4.78, 5) is 37.5. The SMILES string of the molecule is CCCCCCCC(=O)OC[C@H](COC(=O)CCCCCCCCCCCCCCCCC(C)CC)OC(=O)CCCCCCCCCCCCC(C)C. The lowest BCUT2D eigenvalue weighted by Gasteiger charge is -2.18. The predicted octanol–water partition coefficient (Wildman–Crippen LogP) is 15.0. The molecular formula is C48H92O6. The molecule has 0 saturated heterocycles. The summed E-state index contributed by atoms with van der Waals surface area (Å²) in [6.07, 6.45) is 39.7. The van der Waals surface area contributed by atoms with Crippen LogP contribution in [0.3, 0.4) is 0 Å². The van der Waals surface area contributed by atoms with Crippen molar-refractivity contribution in [3.05, 3.63) is 0 Å². The first-order valence-electron chi connectivity index (χ1n) is 23.8. The number of hydrogen-bond donors (Lipinski definition) is 0. The molecule has 0 N–H and O–H groups in total. The van der Waals surface area contributed by atoms with Gasteiger partial charge in [0.2, 0.25) is 0 Å². The van der Waals surface area contributed by atoms with E-state index in [1.807, 2.05) is 0 Å². The van der Waals surface area contributed by atoms with Gasteiger partial charge in [0.25, 0.3) is 0 Å². The summed E-state index contributed by atoms with van der Waals surface area (Å²) in [6, 6.07) is 0. The van der Waals surface area contributed by atoms with Gasteiger partial charge in [0.1, 0.15) is 13.2 Å². The Labute approximate surface area is 336 Å². The Kier molecular flexibility index (Phi) is 39.8. The van der Waals surface area contributed by atoms with Crippen molar-refractivity contribution >= 4 is 17.9 Å². The molecule has 0 aromatic carbocycles. The Morgan fingerprint density at radius 1 is 0.389 bits per heavy atom. The third-order valence-corrected chi connectivity index (χ3v) is 11.1. The first-order chi connectivity index (χ1) is 26.3.